The summed E-state index contributed by atoms with van der Waals surface area (Å²) in [5.41, 5.74) is 0.906. The van der Waals surface area contributed by atoms with E-state index in [1.807, 2.05) is 44.2 Å². The molecule has 2 amide bonds. The molecule has 0 aliphatic heterocycles. The summed E-state index contributed by atoms with van der Waals surface area (Å²) in [5.74, 6) is -0.474. The van der Waals surface area contributed by atoms with Gasteiger partial charge in [-0.05, 0) is 11.5 Å². The molecule has 1 rings (SSSR count). The lowest BCUT2D eigenvalue weighted by Crippen LogP contribution is -2.50. The SMILES string of the molecule is CC(C)C(NC(=O)Cc1ccccc1)C(=O)NCCO. The van der Waals surface area contributed by atoms with Crippen LogP contribution < -0.4 is 10.6 Å². The Labute approximate surface area is 119 Å². The van der Waals surface area contributed by atoms with Gasteiger partial charge in [-0.25, -0.2) is 0 Å². The van der Waals surface area contributed by atoms with Crippen molar-refractivity contribution in [2.45, 2.75) is 26.3 Å². The van der Waals surface area contributed by atoms with Crippen LogP contribution in [-0.4, -0.2) is 36.1 Å². The molecule has 5 nitrogen and oxygen atoms in total. The molecule has 0 aromatic heterocycles. The molecule has 0 spiro atoms. The van der Waals surface area contributed by atoms with Crippen molar-refractivity contribution in [1.82, 2.24) is 10.6 Å². The third-order valence-electron chi connectivity index (χ3n) is 2.88. The Morgan fingerprint density at radius 3 is 2.40 bits per heavy atom. The fraction of sp³-hybridized carbons (Fsp3) is 0.467. The zero-order chi connectivity index (χ0) is 15.0. The Morgan fingerprint density at radius 1 is 1.20 bits per heavy atom. The second kappa shape index (κ2) is 8.32. The minimum absolute atomic E-state index is 0.0200. The van der Waals surface area contributed by atoms with Crippen molar-refractivity contribution >= 4 is 11.8 Å². The van der Waals surface area contributed by atoms with E-state index in [4.69, 9.17) is 5.11 Å². The van der Waals surface area contributed by atoms with Gasteiger partial charge in [-0.15, -0.1) is 0 Å². The predicted molar refractivity (Wildman–Crippen MR) is 77.0 cm³/mol. The van der Waals surface area contributed by atoms with Crippen LogP contribution in [0.1, 0.15) is 19.4 Å². The van der Waals surface area contributed by atoms with E-state index in [1.165, 1.54) is 0 Å². The second-order valence-corrected chi connectivity index (χ2v) is 4.97. The molecule has 0 aliphatic carbocycles. The maximum absolute atomic E-state index is 12.0. The Hall–Kier alpha value is -1.88. The number of benzene rings is 1. The number of rotatable bonds is 7. The quantitative estimate of drug-likeness (QED) is 0.679. The van der Waals surface area contributed by atoms with E-state index in [9.17, 15) is 9.59 Å². The molecule has 0 aliphatic rings. The van der Waals surface area contributed by atoms with Crippen LogP contribution >= 0.6 is 0 Å². The molecular formula is C15H22N2O3. The Bertz CT molecular complexity index is 432. The molecule has 0 radical (unpaired) electrons. The molecule has 1 aromatic rings. The van der Waals surface area contributed by atoms with Gasteiger partial charge in [0, 0.05) is 6.54 Å². The monoisotopic (exact) mass is 278 g/mol. The van der Waals surface area contributed by atoms with Crippen molar-refractivity contribution in [2.75, 3.05) is 13.2 Å². The smallest absolute Gasteiger partial charge is 0.242 e. The average molecular weight is 278 g/mol. The van der Waals surface area contributed by atoms with E-state index in [0.29, 0.717) is 0 Å². The van der Waals surface area contributed by atoms with Crippen LogP contribution in [0.25, 0.3) is 0 Å². The molecule has 1 unspecified atom stereocenters. The molecule has 20 heavy (non-hydrogen) atoms. The van der Waals surface area contributed by atoms with Crippen molar-refractivity contribution in [3.05, 3.63) is 35.9 Å². The molecule has 0 fully saturated rings. The van der Waals surface area contributed by atoms with Gasteiger partial charge in [-0.1, -0.05) is 44.2 Å². The largest absolute Gasteiger partial charge is 0.395 e. The number of amides is 2. The molecule has 3 N–H and O–H groups in total. The summed E-state index contributed by atoms with van der Waals surface area (Å²) in [4.78, 5) is 23.9. The third kappa shape index (κ3) is 5.40. The highest BCUT2D eigenvalue weighted by molar-refractivity contribution is 5.88. The molecule has 5 heteroatoms. The number of nitrogens with one attached hydrogen (secondary N) is 2. The maximum atomic E-state index is 12.0. The van der Waals surface area contributed by atoms with Gasteiger partial charge in [0.05, 0.1) is 13.0 Å². The fourth-order valence-corrected chi connectivity index (χ4v) is 1.83. The van der Waals surface area contributed by atoms with Crippen LogP contribution in [-0.2, 0) is 16.0 Å². The normalized spacial score (nSPS) is 12.0. The molecule has 0 saturated heterocycles. The number of carbonyl (C=O) groups is 2. The summed E-state index contributed by atoms with van der Waals surface area (Å²) < 4.78 is 0. The van der Waals surface area contributed by atoms with Crippen molar-refractivity contribution in [1.29, 1.82) is 0 Å². The number of aliphatic hydroxyl groups is 1. The van der Waals surface area contributed by atoms with Crippen LogP contribution in [0.2, 0.25) is 0 Å². The van der Waals surface area contributed by atoms with E-state index < -0.39 is 6.04 Å². The number of hydrogen-bond acceptors (Lipinski definition) is 3. The van der Waals surface area contributed by atoms with Crippen molar-refractivity contribution in [3.8, 4) is 0 Å². The van der Waals surface area contributed by atoms with Gasteiger partial charge in [0.2, 0.25) is 11.8 Å². The molecule has 110 valence electrons. The van der Waals surface area contributed by atoms with Gasteiger partial charge in [0.15, 0.2) is 0 Å². The van der Waals surface area contributed by atoms with Crippen LogP contribution in [0.4, 0.5) is 0 Å². The Morgan fingerprint density at radius 2 is 1.85 bits per heavy atom. The summed E-state index contributed by atoms with van der Waals surface area (Å²) in [5, 5.41) is 14.0. The van der Waals surface area contributed by atoms with E-state index in [0.717, 1.165) is 5.56 Å². The van der Waals surface area contributed by atoms with Crippen molar-refractivity contribution < 1.29 is 14.7 Å². The summed E-state index contributed by atoms with van der Waals surface area (Å²) in [6.07, 6.45) is 0.247. The van der Waals surface area contributed by atoms with Gasteiger partial charge in [-0.2, -0.15) is 0 Å². The highest BCUT2D eigenvalue weighted by atomic mass is 16.3. The highest BCUT2D eigenvalue weighted by Crippen LogP contribution is 2.04. The molecule has 1 aromatic carbocycles. The Kier molecular flexibility index (Phi) is 6.73. The van der Waals surface area contributed by atoms with Crippen molar-refractivity contribution in [3.63, 3.8) is 0 Å². The minimum atomic E-state index is -0.585. The van der Waals surface area contributed by atoms with Crippen molar-refractivity contribution in [2.24, 2.45) is 5.92 Å². The van der Waals surface area contributed by atoms with Crippen LogP contribution in [0.5, 0.6) is 0 Å². The summed E-state index contributed by atoms with van der Waals surface area (Å²) in [6.45, 7) is 3.81. The molecule has 1 atom stereocenters. The first-order valence-electron chi connectivity index (χ1n) is 6.76. The van der Waals surface area contributed by atoms with E-state index in [2.05, 4.69) is 10.6 Å². The van der Waals surface area contributed by atoms with Gasteiger partial charge in [0.1, 0.15) is 6.04 Å². The lowest BCUT2D eigenvalue weighted by Gasteiger charge is -2.21. The number of aliphatic hydroxyl groups excluding tert-OH is 1. The average Bonchev–Trinajstić information content (AvgIpc) is 2.43. The highest BCUT2D eigenvalue weighted by Gasteiger charge is 2.23. The van der Waals surface area contributed by atoms with Gasteiger partial charge in [0.25, 0.3) is 0 Å². The first kappa shape index (κ1) is 16.2. The molecule has 0 saturated carbocycles. The first-order valence-corrected chi connectivity index (χ1v) is 6.76. The minimum Gasteiger partial charge on any atom is -0.395 e. The van der Waals surface area contributed by atoms with Gasteiger partial charge >= 0.3 is 0 Å². The second-order valence-electron chi connectivity index (χ2n) is 4.97. The lowest BCUT2D eigenvalue weighted by atomic mass is 10.0. The van der Waals surface area contributed by atoms with E-state index >= 15 is 0 Å². The summed E-state index contributed by atoms with van der Waals surface area (Å²) >= 11 is 0. The Balaban J connectivity index is 2.57. The zero-order valence-corrected chi connectivity index (χ0v) is 11.9. The summed E-state index contributed by atoms with van der Waals surface area (Å²) in [7, 11) is 0. The molecule has 0 bridgehead atoms. The van der Waals surface area contributed by atoms with Crippen LogP contribution in [0, 0.1) is 5.92 Å². The van der Waals surface area contributed by atoms with E-state index in [-0.39, 0.29) is 37.3 Å². The topological polar surface area (TPSA) is 78.4 Å². The summed E-state index contributed by atoms with van der Waals surface area (Å²) in [6, 6.07) is 8.79. The van der Waals surface area contributed by atoms with Crippen LogP contribution in [0.15, 0.2) is 30.3 Å². The number of hydrogen-bond donors (Lipinski definition) is 3. The van der Waals surface area contributed by atoms with Gasteiger partial charge in [-0.3, -0.25) is 9.59 Å². The predicted octanol–water partition coefficient (Wildman–Crippen LogP) is 0.478. The van der Waals surface area contributed by atoms with Gasteiger partial charge < -0.3 is 15.7 Å². The molecule has 0 heterocycles. The molecular weight excluding hydrogens is 256 g/mol. The first-order chi connectivity index (χ1) is 9.54. The third-order valence-corrected chi connectivity index (χ3v) is 2.88. The van der Waals surface area contributed by atoms with E-state index in [1.54, 1.807) is 0 Å². The number of carbonyl (C=O) groups excluding carboxylic acids is 2. The zero-order valence-electron chi connectivity index (χ0n) is 11.9. The lowest BCUT2D eigenvalue weighted by molar-refractivity contribution is -0.129. The standard InChI is InChI=1S/C15H22N2O3/c1-11(2)14(15(20)16-8-9-18)17-13(19)10-12-6-4-3-5-7-12/h3-7,11,14,18H,8-10H2,1-2H3,(H,16,20)(H,17,19). The maximum Gasteiger partial charge on any atom is 0.242 e. The fourth-order valence-electron chi connectivity index (χ4n) is 1.83. The van der Waals surface area contributed by atoms with Crippen LogP contribution in [0.3, 0.4) is 0 Å².